The van der Waals surface area contributed by atoms with Gasteiger partial charge in [-0.15, -0.1) is 0 Å². The fraction of sp³-hybridized carbons (Fsp3) is 0.150. The number of nitrogens with zero attached hydrogens (tertiary/aromatic N) is 3. The van der Waals surface area contributed by atoms with Gasteiger partial charge in [-0.05, 0) is 30.3 Å². The molecule has 142 valence electrons. The van der Waals surface area contributed by atoms with Crippen molar-refractivity contribution in [3.8, 4) is 17.6 Å². The van der Waals surface area contributed by atoms with Crippen LogP contribution in [0.15, 0.2) is 53.4 Å². The van der Waals surface area contributed by atoms with Gasteiger partial charge in [0.15, 0.2) is 29.7 Å². The number of hydrogen-bond donors (Lipinski definition) is 2. The lowest BCUT2D eigenvalue weighted by atomic mass is 10.2. The highest BCUT2D eigenvalue weighted by molar-refractivity contribution is 5.83. The normalized spacial score (nSPS) is 11.9. The second-order valence-electron chi connectivity index (χ2n) is 5.66. The molecule has 0 saturated heterocycles. The van der Waals surface area contributed by atoms with Crippen molar-refractivity contribution in [3.05, 3.63) is 59.6 Å². The number of rotatable bonds is 7. The Morgan fingerprint density at radius 3 is 2.71 bits per heavy atom. The summed E-state index contributed by atoms with van der Waals surface area (Å²) in [7, 11) is 3.10. The Morgan fingerprint density at radius 1 is 1.21 bits per heavy atom. The molecule has 2 N–H and O–H groups in total. The van der Waals surface area contributed by atoms with Crippen LogP contribution in [0.25, 0.3) is 16.6 Å². The zero-order chi connectivity index (χ0) is 19.9. The third kappa shape index (κ3) is 4.04. The molecule has 3 aromatic rings. The molecule has 8 nitrogen and oxygen atoms in total. The quantitative estimate of drug-likeness (QED) is 0.282. The maximum Gasteiger partial charge on any atom is 0.175 e. The second kappa shape index (κ2) is 8.60. The first-order valence-electron chi connectivity index (χ1n) is 8.31. The van der Waals surface area contributed by atoms with Gasteiger partial charge in [-0.3, -0.25) is 0 Å². The smallest absolute Gasteiger partial charge is 0.175 e. The first kappa shape index (κ1) is 18.8. The van der Waals surface area contributed by atoms with Crippen LogP contribution in [-0.2, 0) is 4.84 Å². The van der Waals surface area contributed by atoms with Gasteiger partial charge in [-0.25, -0.2) is 4.98 Å². The van der Waals surface area contributed by atoms with Crippen molar-refractivity contribution in [1.82, 2.24) is 9.97 Å². The SMILES string of the molecule is COc1ccc(/C=N\OC/C(O)=C(\C#N)c2nc3ccccc3[nH]2)cc1OC. The monoisotopic (exact) mass is 378 g/mol. The van der Waals surface area contributed by atoms with Gasteiger partial charge >= 0.3 is 0 Å². The predicted octanol–water partition coefficient (Wildman–Crippen LogP) is 3.42. The third-order valence-corrected chi connectivity index (χ3v) is 3.91. The Kier molecular flexibility index (Phi) is 5.77. The molecule has 1 aromatic heterocycles. The van der Waals surface area contributed by atoms with Crippen molar-refractivity contribution in [1.29, 1.82) is 5.26 Å². The lowest BCUT2D eigenvalue weighted by Gasteiger charge is -2.07. The van der Waals surface area contributed by atoms with E-state index in [9.17, 15) is 10.4 Å². The largest absolute Gasteiger partial charge is 0.507 e. The van der Waals surface area contributed by atoms with Crippen molar-refractivity contribution >= 4 is 22.8 Å². The van der Waals surface area contributed by atoms with E-state index in [0.29, 0.717) is 17.0 Å². The van der Waals surface area contributed by atoms with Gasteiger partial charge in [0.05, 0.1) is 31.5 Å². The number of oxime groups is 1. The number of methoxy groups -OCH3 is 2. The van der Waals surface area contributed by atoms with Gasteiger partial charge in [0.25, 0.3) is 0 Å². The number of aromatic nitrogens is 2. The number of benzene rings is 2. The number of aromatic amines is 1. The zero-order valence-corrected chi connectivity index (χ0v) is 15.3. The van der Waals surface area contributed by atoms with Crippen molar-refractivity contribution in [2.45, 2.75) is 0 Å². The van der Waals surface area contributed by atoms with Crippen LogP contribution in [0.1, 0.15) is 11.4 Å². The average molecular weight is 378 g/mol. The number of aliphatic hydroxyl groups excluding tert-OH is 1. The van der Waals surface area contributed by atoms with Gasteiger partial charge < -0.3 is 24.4 Å². The van der Waals surface area contributed by atoms with Crippen LogP contribution in [0.3, 0.4) is 0 Å². The minimum absolute atomic E-state index is 0.00230. The Morgan fingerprint density at radius 2 is 2.00 bits per heavy atom. The van der Waals surface area contributed by atoms with Crippen molar-refractivity contribution in [2.24, 2.45) is 5.16 Å². The molecule has 8 heteroatoms. The summed E-state index contributed by atoms with van der Waals surface area (Å²) in [6, 6.07) is 14.5. The third-order valence-electron chi connectivity index (χ3n) is 3.91. The van der Waals surface area contributed by atoms with Crippen LogP contribution in [0.4, 0.5) is 0 Å². The number of fused-ring (bicyclic) bond motifs is 1. The summed E-state index contributed by atoms with van der Waals surface area (Å²) in [5.41, 5.74) is 2.19. The van der Waals surface area contributed by atoms with Gasteiger partial charge in [-0.2, -0.15) is 5.26 Å². The highest BCUT2D eigenvalue weighted by Gasteiger charge is 2.13. The summed E-state index contributed by atoms with van der Waals surface area (Å²) in [5, 5.41) is 23.4. The Labute approximate surface area is 161 Å². The molecular weight excluding hydrogens is 360 g/mol. The molecule has 28 heavy (non-hydrogen) atoms. The summed E-state index contributed by atoms with van der Waals surface area (Å²) in [4.78, 5) is 12.4. The first-order valence-corrected chi connectivity index (χ1v) is 8.31. The van der Waals surface area contributed by atoms with Gasteiger partial charge in [-0.1, -0.05) is 17.3 Å². The summed E-state index contributed by atoms with van der Waals surface area (Å²) in [6.07, 6.45) is 1.46. The number of nitrogens with one attached hydrogen (secondary N) is 1. The number of allylic oxidation sites excluding steroid dienone is 1. The van der Waals surface area contributed by atoms with E-state index in [1.54, 1.807) is 32.4 Å². The van der Waals surface area contributed by atoms with Gasteiger partial charge in [0.2, 0.25) is 0 Å². The van der Waals surface area contributed by atoms with Crippen LogP contribution in [0.2, 0.25) is 0 Å². The molecule has 0 amide bonds. The Hall–Kier alpha value is -3.99. The maximum absolute atomic E-state index is 10.2. The molecule has 1 heterocycles. The standard InChI is InChI=1S/C20H18N4O4/c1-26-18-8-7-13(9-19(18)27-2)11-22-28-12-17(25)14(10-21)20-23-15-5-3-4-6-16(15)24-20/h3-9,11,25H,12H2,1-2H3,(H,23,24)/b17-14-,22-11-. The van der Waals surface area contributed by atoms with Crippen LogP contribution in [0, 0.1) is 11.3 Å². The molecule has 0 spiro atoms. The minimum Gasteiger partial charge on any atom is -0.507 e. The fourth-order valence-electron chi connectivity index (χ4n) is 2.53. The summed E-state index contributed by atoms with van der Waals surface area (Å²) >= 11 is 0. The molecule has 0 aliphatic carbocycles. The number of H-pyrrole nitrogens is 1. The van der Waals surface area contributed by atoms with E-state index < -0.39 is 0 Å². The van der Waals surface area contributed by atoms with E-state index in [1.807, 2.05) is 30.3 Å². The average Bonchev–Trinajstić information content (AvgIpc) is 3.15. The molecule has 0 radical (unpaired) electrons. The molecule has 3 rings (SSSR count). The number of aliphatic hydroxyl groups is 1. The Bertz CT molecular complexity index is 1050. The number of para-hydroxylation sites is 2. The number of nitriles is 1. The van der Waals surface area contributed by atoms with E-state index >= 15 is 0 Å². The van der Waals surface area contributed by atoms with Gasteiger partial charge in [0, 0.05) is 5.56 Å². The molecule has 0 atom stereocenters. The van der Waals surface area contributed by atoms with Crippen LogP contribution in [-0.4, -0.2) is 42.1 Å². The highest BCUT2D eigenvalue weighted by Crippen LogP contribution is 2.27. The van der Waals surface area contributed by atoms with Crippen molar-refractivity contribution < 1.29 is 19.4 Å². The van der Waals surface area contributed by atoms with Gasteiger partial charge in [0.1, 0.15) is 11.6 Å². The number of imidazole rings is 1. The molecule has 0 aliphatic heterocycles. The lowest BCUT2D eigenvalue weighted by Crippen LogP contribution is -1.99. The van der Waals surface area contributed by atoms with Crippen molar-refractivity contribution in [2.75, 3.05) is 20.8 Å². The minimum atomic E-state index is -0.274. The molecule has 0 bridgehead atoms. The second-order valence-corrected chi connectivity index (χ2v) is 5.66. The maximum atomic E-state index is 10.2. The van der Waals surface area contributed by atoms with Crippen LogP contribution in [0.5, 0.6) is 11.5 Å². The summed E-state index contributed by atoms with van der Waals surface area (Å²) in [6.45, 7) is -0.274. The molecule has 0 aliphatic rings. The fourth-order valence-corrected chi connectivity index (χ4v) is 2.53. The highest BCUT2D eigenvalue weighted by atomic mass is 16.6. The predicted molar refractivity (Wildman–Crippen MR) is 104 cm³/mol. The topological polar surface area (TPSA) is 113 Å². The first-order chi connectivity index (χ1) is 13.7. The molecule has 2 aromatic carbocycles. The van der Waals surface area contributed by atoms with Crippen LogP contribution < -0.4 is 9.47 Å². The van der Waals surface area contributed by atoms with E-state index in [0.717, 1.165) is 11.1 Å². The summed E-state index contributed by atoms with van der Waals surface area (Å²) in [5.74, 6) is 1.16. The van der Waals surface area contributed by atoms with E-state index in [-0.39, 0.29) is 23.8 Å². The van der Waals surface area contributed by atoms with E-state index in [2.05, 4.69) is 15.1 Å². The number of ether oxygens (including phenoxy) is 2. The molecular formula is C20H18N4O4. The molecule has 0 fully saturated rings. The zero-order valence-electron chi connectivity index (χ0n) is 15.3. The molecule has 0 unspecified atom stereocenters. The number of hydrogen-bond acceptors (Lipinski definition) is 7. The van der Waals surface area contributed by atoms with E-state index in [4.69, 9.17) is 14.3 Å². The molecule has 0 saturated carbocycles. The van der Waals surface area contributed by atoms with Crippen LogP contribution >= 0.6 is 0 Å². The Balaban J connectivity index is 1.70. The lowest BCUT2D eigenvalue weighted by molar-refractivity contribution is 0.139. The van der Waals surface area contributed by atoms with E-state index in [1.165, 1.54) is 6.21 Å². The van der Waals surface area contributed by atoms with Crippen molar-refractivity contribution in [3.63, 3.8) is 0 Å². The summed E-state index contributed by atoms with van der Waals surface area (Å²) < 4.78 is 10.4.